The number of carbonyl (C=O) groups is 2. The highest BCUT2D eigenvalue weighted by atomic mass is 79.9. The van der Waals surface area contributed by atoms with Crippen molar-refractivity contribution in [2.24, 2.45) is 14.1 Å². The number of aliphatic hydroxyl groups excluding tert-OH is 2. The summed E-state index contributed by atoms with van der Waals surface area (Å²) in [5.41, 5.74) is 3.77. The smallest absolute Gasteiger partial charge is 0.387 e. The number of carbonyl (C=O) groups excluding carboxylic acids is 2. The number of aromatic nitrogens is 8. The number of halogens is 6. The van der Waals surface area contributed by atoms with Gasteiger partial charge in [0.05, 0.1) is 64.7 Å². The van der Waals surface area contributed by atoms with E-state index in [9.17, 15) is 47.0 Å². The highest BCUT2D eigenvalue weighted by Crippen LogP contribution is 2.31. The van der Waals surface area contributed by atoms with Crippen molar-refractivity contribution in [3.05, 3.63) is 150 Å². The lowest BCUT2D eigenvalue weighted by Crippen LogP contribution is -2.52. The molecule has 4 aliphatic rings. The molecule has 4 aromatic heterocycles. The van der Waals surface area contributed by atoms with Crippen LogP contribution in [0, 0.1) is 0 Å². The Bertz CT molecular complexity index is 3770. The molecule has 4 saturated heterocycles. The molecule has 28 heteroatoms. The average Bonchev–Trinajstić information content (AvgIpc) is 4.31. The minimum atomic E-state index is -3.03. The number of fused-ring (bicyclic) bond motifs is 4. The summed E-state index contributed by atoms with van der Waals surface area (Å²) in [6.45, 7) is -1.15. The summed E-state index contributed by atoms with van der Waals surface area (Å²) in [5, 5.41) is 26.5. The number of hydrogen-bond donors (Lipinski definition) is 4. The van der Waals surface area contributed by atoms with Crippen LogP contribution in [-0.4, -0.2) is 148 Å². The molecule has 8 aromatic rings. The summed E-state index contributed by atoms with van der Waals surface area (Å²) in [4.78, 5) is 74.3. The van der Waals surface area contributed by atoms with Crippen LogP contribution in [0.5, 0.6) is 11.5 Å². The van der Waals surface area contributed by atoms with Crippen LogP contribution in [0.25, 0.3) is 32.9 Å². The van der Waals surface area contributed by atoms with Gasteiger partial charge in [0.25, 0.3) is 11.1 Å². The number of nitrogens with one attached hydrogen (secondary N) is 2. The van der Waals surface area contributed by atoms with Crippen LogP contribution in [0.4, 0.5) is 39.0 Å². The molecule has 22 nitrogen and oxygen atoms in total. The van der Waals surface area contributed by atoms with Crippen molar-refractivity contribution < 1.29 is 46.8 Å². The summed E-state index contributed by atoms with van der Waals surface area (Å²) in [6.07, 6.45) is 6.92. The number of hydrogen-bond acceptors (Lipinski definition) is 14. The number of anilines is 2. The Balaban J connectivity index is 0.000000152. The van der Waals surface area contributed by atoms with Gasteiger partial charge in [0.2, 0.25) is 11.9 Å². The van der Waals surface area contributed by atoms with Crippen LogP contribution in [-0.2, 0) is 40.4 Å². The topological polar surface area (TPSA) is 236 Å². The van der Waals surface area contributed by atoms with E-state index in [0.29, 0.717) is 87.8 Å². The van der Waals surface area contributed by atoms with E-state index in [1.54, 1.807) is 84.6 Å². The lowest BCUT2D eigenvalue weighted by molar-refractivity contribution is -0.0512. The van der Waals surface area contributed by atoms with Gasteiger partial charge in [0, 0.05) is 113 Å². The van der Waals surface area contributed by atoms with Crippen LogP contribution in [0.2, 0.25) is 5.02 Å². The van der Waals surface area contributed by atoms with Gasteiger partial charge in [-0.3, -0.25) is 28.3 Å². The number of urea groups is 2. The van der Waals surface area contributed by atoms with Crippen molar-refractivity contribution in [2.45, 2.75) is 51.6 Å². The third kappa shape index (κ3) is 11.9. The van der Waals surface area contributed by atoms with E-state index in [-0.39, 0.29) is 73.1 Å². The molecule has 4 aliphatic heterocycles. The lowest BCUT2D eigenvalue weighted by Gasteiger charge is -2.36. The first-order chi connectivity index (χ1) is 39.5. The molecule has 4 fully saturated rings. The number of ether oxygens (including phenoxy) is 2. The Kier molecular flexibility index (Phi) is 17.0. The molecule has 0 unspecified atom stereocenters. The van der Waals surface area contributed by atoms with Crippen molar-refractivity contribution in [3.63, 3.8) is 0 Å². The summed E-state index contributed by atoms with van der Waals surface area (Å²) in [5.74, 6) is 1.20. The first kappa shape index (κ1) is 57.0. The van der Waals surface area contributed by atoms with Gasteiger partial charge in [-0.25, -0.2) is 29.5 Å². The fourth-order valence-electron chi connectivity index (χ4n) is 10.5. The molecule has 4 amide bonds. The van der Waals surface area contributed by atoms with Gasteiger partial charge in [0.1, 0.15) is 11.5 Å². The third-order valence-corrected chi connectivity index (χ3v) is 15.4. The second kappa shape index (κ2) is 24.4. The Morgan fingerprint density at radius 1 is 0.622 bits per heavy atom. The van der Waals surface area contributed by atoms with Gasteiger partial charge in [-0.1, -0.05) is 41.9 Å². The molecule has 4 aromatic carbocycles. The Morgan fingerprint density at radius 2 is 1.07 bits per heavy atom. The monoisotopic (exact) mass is 1220 g/mol. The van der Waals surface area contributed by atoms with Crippen molar-refractivity contribution in [1.29, 1.82) is 0 Å². The van der Waals surface area contributed by atoms with E-state index in [2.05, 4.69) is 61.0 Å². The molecule has 4 N–H and O–H groups in total. The molecule has 0 aliphatic carbocycles. The quantitative estimate of drug-likeness (QED) is 0.101. The minimum absolute atomic E-state index is 0.0252. The average molecular weight is 1220 g/mol. The summed E-state index contributed by atoms with van der Waals surface area (Å²) in [6, 6.07) is 19.7. The largest absolute Gasteiger partial charge is 0.434 e. The van der Waals surface area contributed by atoms with Crippen molar-refractivity contribution >= 4 is 73.3 Å². The molecule has 2 atom stereocenters. The minimum Gasteiger partial charge on any atom is -0.434 e. The van der Waals surface area contributed by atoms with Gasteiger partial charge in [-0.2, -0.15) is 17.6 Å². The van der Waals surface area contributed by atoms with Crippen molar-refractivity contribution in [3.8, 4) is 22.6 Å². The highest BCUT2D eigenvalue weighted by Gasteiger charge is 2.37. The van der Waals surface area contributed by atoms with Gasteiger partial charge < -0.3 is 49.9 Å². The van der Waals surface area contributed by atoms with Crippen LogP contribution in [0.3, 0.4) is 0 Å². The normalized spacial score (nSPS) is 16.7. The molecular formula is C54H54BrClF4N14O8. The predicted octanol–water partition coefficient (Wildman–Crippen LogP) is 5.74. The van der Waals surface area contributed by atoms with Crippen LogP contribution in [0.15, 0.2) is 112 Å². The van der Waals surface area contributed by atoms with E-state index < -0.39 is 13.2 Å². The van der Waals surface area contributed by atoms with E-state index >= 15 is 0 Å². The van der Waals surface area contributed by atoms with Crippen LogP contribution < -0.4 is 41.0 Å². The van der Waals surface area contributed by atoms with Gasteiger partial charge in [0.15, 0.2) is 0 Å². The van der Waals surface area contributed by atoms with Crippen LogP contribution >= 0.6 is 27.5 Å². The molecule has 8 heterocycles. The van der Waals surface area contributed by atoms with Crippen molar-refractivity contribution in [1.82, 2.24) is 59.1 Å². The van der Waals surface area contributed by atoms with Crippen molar-refractivity contribution in [2.75, 3.05) is 62.2 Å². The Labute approximate surface area is 477 Å². The fraction of sp³-hybridized carbons (Fsp3) is 0.333. The molecular weight excluding hydrogens is 1160 g/mol. The SMILES string of the molecule is Cn1c(=O)c2ccc(-c3cnc(N4CCN5C(=O)NC[C@@H]5C4)nc3)cc2n1Cc1c(CO)cccc1OC(F)F.Cn1c(=O)c2ccc(Cl)cc2n1Cc1c(CO)cccc1OC(F)F.O=C1NC[C@@H]2CN(c3ncc(Br)cn3)CCN12. The number of piperazine rings is 2. The van der Waals surface area contributed by atoms with E-state index in [1.807, 2.05) is 21.9 Å². The first-order valence-electron chi connectivity index (χ1n) is 25.8. The molecule has 0 radical (unpaired) electrons. The number of rotatable bonds is 13. The molecule has 12 rings (SSSR count). The molecule has 0 bridgehead atoms. The zero-order chi connectivity index (χ0) is 57.9. The van der Waals surface area contributed by atoms with Gasteiger partial charge in [-0.05, 0) is 75.1 Å². The number of amides is 4. The number of aliphatic hydroxyl groups is 2. The Morgan fingerprint density at radius 3 is 1.54 bits per heavy atom. The number of benzene rings is 4. The van der Waals surface area contributed by atoms with E-state index in [1.165, 1.54) is 33.6 Å². The molecule has 82 heavy (non-hydrogen) atoms. The highest BCUT2D eigenvalue weighted by molar-refractivity contribution is 9.10. The zero-order valence-electron chi connectivity index (χ0n) is 44.0. The second-order valence-corrected chi connectivity index (χ2v) is 20.8. The van der Waals surface area contributed by atoms with Gasteiger partial charge in [-0.15, -0.1) is 0 Å². The summed E-state index contributed by atoms with van der Waals surface area (Å²) < 4.78 is 67.8. The maximum atomic E-state index is 13.1. The van der Waals surface area contributed by atoms with Gasteiger partial charge >= 0.3 is 25.3 Å². The summed E-state index contributed by atoms with van der Waals surface area (Å²) >= 11 is 9.34. The Hall–Kier alpha value is -8.27. The maximum Gasteiger partial charge on any atom is 0.387 e. The second-order valence-electron chi connectivity index (χ2n) is 19.5. The number of nitrogens with zero attached hydrogens (tertiary/aromatic N) is 12. The number of alkyl halides is 4. The van der Waals surface area contributed by atoms with E-state index in [4.69, 9.17) is 16.3 Å². The molecule has 430 valence electrons. The third-order valence-electron chi connectivity index (χ3n) is 14.7. The predicted molar refractivity (Wildman–Crippen MR) is 299 cm³/mol. The molecule has 0 saturated carbocycles. The fourth-order valence-corrected chi connectivity index (χ4v) is 10.9. The van der Waals surface area contributed by atoms with E-state index in [0.717, 1.165) is 41.2 Å². The molecule has 0 spiro atoms. The lowest BCUT2D eigenvalue weighted by atomic mass is 10.1. The standard InChI is InChI=1S/C27H27F2N7O4.C17H15ClF2N2O3.C10H12BrN5O/c1-33-24(38)20-6-5-16(9-22(20)36(33)14-21-17(15-37)3-2-4-23(21)40-25(28)29)18-10-30-26(31-11-18)34-7-8-35-19(13-34)12-32-27(35)39;1-21-16(24)12-6-5-11(18)7-14(12)22(21)8-13-10(9-23)3-2-4-15(13)25-17(19)20;11-7-3-12-9(13-4-7)15-1-2-16-8(6-15)5-14-10(16)17/h2-6,9-11,19,25,37H,7-8,12-15H2,1H3,(H,32,39);2-7,17,23H,8-9H2,1H3;3-4,8H,1-2,5-6H2,(H,14,17)/t19-;;8-/m1.1/s1. The zero-order valence-corrected chi connectivity index (χ0v) is 46.4. The van der Waals surface area contributed by atoms with Crippen LogP contribution in [0.1, 0.15) is 22.3 Å². The summed E-state index contributed by atoms with van der Waals surface area (Å²) in [7, 11) is 3.17. The maximum absolute atomic E-state index is 13.1. The first-order valence-corrected chi connectivity index (χ1v) is 26.9.